The van der Waals surface area contributed by atoms with Crippen LogP contribution in [0.15, 0.2) is 23.1 Å². The third kappa shape index (κ3) is 6.87. The minimum atomic E-state index is -3.98. The minimum Gasteiger partial charge on any atom is -0.379 e. The normalized spacial score (nSPS) is 18.1. The number of nitrogens with zero attached hydrogens (tertiary/aromatic N) is 5. The van der Waals surface area contributed by atoms with Crippen molar-refractivity contribution < 1.29 is 42.9 Å². The summed E-state index contributed by atoms with van der Waals surface area (Å²) in [5.74, 6) is 0.365. The Kier molecular flexibility index (Phi) is 9.43. The van der Waals surface area contributed by atoms with Crippen molar-refractivity contribution in [2.45, 2.75) is 17.7 Å². The average molecular weight is 375 g/mol. The molecule has 1 fully saturated rings. The molecule has 0 unspecified atom stereocenters. The molecular weight excluding hydrogens is 361 g/mol. The molecule has 1 aromatic rings. The molecule has 128 valence electrons. The van der Waals surface area contributed by atoms with Crippen molar-refractivity contribution in [1.29, 1.82) is 5.26 Å². The number of primary sulfonamides is 1. The molecule has 0 radical (unpaired) electrons. The number of nitro benzene ring substituents is 1. The summed E-state index contributed by atoms with van der Waals surface area (Å²) in [5.41, 5.74) is 13.4. The molecule has 13 heteroatoms. The van der Waals surface area contributed by atoms with Gasteiger partial charge in [-0.05, 0) is 30.9 Å². The first-order valence-corrected chi connectivity index (χ1v) is 8.20. The van der Waals surface area contributed by atoms with Gasteiger partial charge in [0.1, 0.15) is 5.69 Å². The van der Waals surface area contributed by atoms with E-state index in [2.05, 4.69) is 11.4 Å². The Morgan fingerprint density at radius 3 is 2.44 bits per heavy atom. The van der Waals surface area contributed by atoms with Crippen molar-refractivity contribution in [3.05, 3.63) is 44.3 Å². The number of nitrogens with two attached hydrogens (primary N) is 1. The van der Waals surface area contributed by atoms with Gasteiger partial charge in [-0.25, -0.2) is 13.6 Å². The van der Waals surface area contributed by atoms with Gasteiger partial charge in [0.15, 0.2) is 0 Å². The Balaban J connectivity index is 0.00000134. The number of sulfonamides is 1. The third-order valence-corrected chi connectivity index (χ3v) is 4.40. The van der Waals surface area contributed by atoms with E-state index in [0.29, 0.717) is 12.5 Å². The first-order chi connectivity index (χ1) is 11.2. The van der Waals surface area contributed by atoms with Crippen molar-refractivity contribution in [2.24, 2.45) is 17.0 Å². The van der Waals surface area contributed by atoms with Crippen LogP contribution in [0.5, 0.6) is 0 Å². The molecule has 0 saturated heterocycles. The number of nitriles is 1. The van der Waals surface area contributed by atoms with Gasteiger partial charge in [0, 0.05) is 18.5 Å². The largest absolute Gasteiger partial charge is 1.00 e. The molecular formula is C12H14N7NaO4S. The van der Waals surface area contributed by atoms with Crippen LogP contribution in [-0.4, -0.2) is 19.9 Å². The van der Waals surface area contributed by atoms with E-state index in [0.717, 1.165) is 18.9 Å². The van der Waals surface area contributed by atoms with E-state index in [1.807, 2.05) is 0 Å². The molecule has 0 bridgehead atoms. The number of hydrogen-bond acceptors (Lipinski definition) is 6. The zero-order chi connectivity index (χ0) is 18.3. The summed E-state index contributed by atoms with van der Waals surface area (Å²) in [4.78, 5) is 11.6. The van der Waals surface area contributed by atoms with Crippen LogP contribution >= 0.6 is 0 Å². The fraction of sp³-hybridized carbons (Fsp3) is 0.417. The molecule has 1 aliphatic carbocycles. The van der Waals surface area contributed by atoms with E-state index in [9.17, 15) is 18.5 Å². The Morgan fingerprint density at radius 2 is 2.00 bits per heavy atom. The van der Waals surface area contributed by atoms with Gasteiger partial charge in [-0.2, -0.15) is 5.26 Å². The van der Waals surface area contributed by atoms with Gasteiger partial charge in [0.25, 0.3) is 5.69 Å². The smallest absolute Gasteiger partial charge is 0.379 e. The van der Waals surface area contributed by atoms with Crippen LogP contribution in [-0.2, 0) is 10.0 Å². The average Bonchev–Trinajstić information content (AvgIpc) is 2.45. The number of nitrogens with one attached hydrogen (secondary N) is 1. The fourth-order valence-corrected chi connectivity index (χ4v) is 2.78. The maximum Gasteiger partial charge on any atom is 1.00 e. The number of benzene rings is 1. The Hall–Kier alpha value is -1.87. The van der Waals surface area contributed by atoms with E-state index in [4.69, 9.17) is 21.5 Å². The predicted octanol–water partition coefficient (Wildman–Crippen LogP) is -0.926. The minimum absolute atomic E-state index is 0. The molecule has 11 nitrogen and oxygen atoms in total. The van der Waals surface area contributed by atoms with Crippen molar-refractivity contribution in [3.8, 4) is 6.07 Å². The van der Waals surface area contributed by atoms with E-state index >= 15 is 0 Å². The Labute approximate surface area is 166 Å². The SMILES string of the molecule is N#CC1CC(CNc2ccc(S(N)(=O)=O)cc2[N+](=O)[O-])C1.[N-]=[N+]=[N-].[Na+]. The standard InChI is InChI=1S/C12H14N4O4S.N3.Na/c13-6-8-3-9(4-8)7-15-11-2-1-10(21(14,19)20)5-12(11)16(17)18;1-3-2;/h1-2,5,8-9,15H,3-4,7H2,(H2,14,19,20);;/q;-1;+1. The molecule has 0 heterocycles. The first-order valence-electron chi connectivity index (χ1n) is 6.66. The van der Waals surface area contributed by atoms with Gasteiger partial charge in [-0.15, -0.1) is 0 Å². The third-order valence-electron chi connectivity index (χ3n) is 3.49. The van der Waals surface area contributed by atoms with Crippen LogP contribution in [0.25, 0.3) is 16.0 Å². The van der Waals surface area contributed by atoms with Crippen molar-refractivity contribution in [2.75, 3.05) is 11.9 Å². The van der Waals surface area contributed by atoms with Gasteiger partial charge in [0.05, 0.1) is 15.9 Å². The van der Waals surface area contributed by atoms with Crippen LogP contribution in [0.3, 0.4) is 0 Å². The summed E-state index contributed by atoms with van der Waals surface area (Å²) in [6, 6.07) is 5.67. The van der Waals surface area contributed by atoms with Gasteiger partial charge in [-0.3, -0.25) is 15.0 Å². The van der Waals surface area contributed by atoms with Gasteiger partial charge >= 0.3 is 29.6 Å². The van der Waals surface area contributed by atoms with Crippen LogP contribution < -0.4 is 40.0 Å². The van der Waals surface area contributed by atoms with Crippen molar-refractivity contribution in [3.63, 3.8) is 0 Å². The molecule has 25 heavy (non-hydrogen) atoms. The maximum absolute atomic E-state index is 11.2. The summed E-state index contributed by atoms with van der Waals surface area (Å²) in [6.07, 6.45) is 1.54. The second kappa shape index (κ2) is 10.2. The van der Waals surface area contributed by atoms with Crippen molar-refractivity contribution >= 4 is 21.4 Å². The second-order valence-electron chi connectivity index (χ2n) is 5.11. The monoisotopic (exact) mass is 375 g/mol. The predicted molar refractivity (Wildman–Crippen MR) is 84.9 cm³/mol. The topological polar surface area (TPSA) is 198 Å². The molecule has 1 aliphatic rings. The Bertz CT molecular complexity index is 796. The maximum atomic E-state index is 11.2. The molecule has 0 amide bonds. The summed E-state index contributed by atoms with van der Waals surface area (Å²) in [6.45, 7) is 0.508. The van der Waals surface area contributed by atoms with Gasteiger partial charge in [0.2, 0.25) is 10.0 Å². The molecule has 0 spiro atoms. The van der Waals surface area contributed by atoms with Crippen LogP contribution in [0, 0.1) is 33.3 Å². The van der Waals surface area contributed by atoms with E-state index in [1.54, 1.807) is 0 Å². The van der Waals surface area contributed by atoms with Gasteiger partial charge in [-0.1, -0.05) is 0 Å². The van der Waals surface area contributed by atoms with E-state index in [1.165, 1.54) is 17.0 Å². The Morgan fingerprint density at radius 1 is 1.44 bits per heavy atom. The zero-order valence-electron chi connectivity index (χ0n) is 13.4. The molecule has 1 aromatic carbocycles. The summed E-state index contributed by atoms with van der Waals surface area (Å²) >= 11 is 0. The van der Waals surface area contributed by atoms with Crippen LogP contribution in [0.2, 0.25) is 0 Å². The van der Waals surface area contributed by atoms with E-state index < -0.39 is 14.9 Å². The first kappa shape index (κ1) is 23.1. The quantitative estimate of drug-likeness (QED) is 0.166. The van der Waals surface area contributed by atoms with Crippen LogP contribution in [0.1, 0.15) is 12.8 Å². The number of nitro groups is 1. The summed E-state index contributed by atoms with van der Waals surface area (Å²) in [7, 11) is -3.98. The molecule has 0 aliphatic heterocycles. The van der Waals surface area contributed by atoms with Gasteiger partial charge < -0.3 is 16.4 Å². The molecule has 1 saturated carbocycles. The molecule has 0 aromatic heterocycles. The van der Waals surface area contributed by atoms with E-state index in [-0.39, 0.29) is 51.7 Å². The molecule has 2 rings (SSSR count). The fourth-order valence-electron chi connectivity index (χ4n) is 2.25. The number of anilines is 1. The molecule has 0 atom stereocenters. The number of rotatable bonds is 5. The number of hydrogen-bond donors (Lipinski definition) is 2. The van der Waals surface area contributed by atoms with Crippen LogP contribution in [0.4, 0.5) is 11.4 Å². The summed E-state index contributed by atoms with van der Waals surface area (Å²) in [5, 5.41) is 27.6. The second-order valence-corrected chi connectivity index (χ2v) is 6.68. The zero-order valence-corrected chi connectivity index (χ0v) is 16.2. The summed E-state index contributed by atoms with van der Waals surface area (Å²) < 4.78 is 22.4. The van der Waals surface area contributed by atoms with Crippen molar-refractivity contribution in [1.82, 2.24) is 0 Å². The molecule has 3 N–H and O–H groups in total.